The molecule has 1 aliphatic carbocycles. The summed E-state index contributed by atoms with van der Waals surface area (Å²) in [6.45, 7) is 0. The minimum Gasteiger partial charge on any atom is -0.160 e. The first-order chi connectivity index (χ1) is 8.97. The van der Waals surface area contributed by atoms with Crippen LogP contribution in [0, 0.1) is 0 Å². The highest BCUT2D eigenvalue weighted by molar-refractivity contribution is 8.07. The van der Waals surface area contributed by atoms with Gasteiger partial charge >= 0.3 is 0 Å². The number of hydrogen-bond donors (Lipinski definition) is 0. The largest absolute Gasteiger partial charge is 0.160 e. The fourth-order valence-electron chi connectivity index (χ4n) is 2.64. The molecule has 106 valence electrons. The van der Waals surface area contributed by atoms with Gasteiger partial charge in [-0.1, -0.05) is 25.7 Å². The van der Waals surface area contributed by atoms with Crippen molar-refractivity contribution >= 4 is 47.0 Å². The molecule has 0 amide bonds. The second-order valence-electron chi connectivity index (χ2n) is 5.03. The molecule has 0 unspecified atom stereocenters. The summed E-state index contributed by atoms with van der Waals surface area (Å²) in [7, 11) is 0. The summed E-state index contributed by atoms with van der Waals surface area (Å²) < 4.78 is 0. The van der Waals surface area contributed by atoms with E-state index in [1.54, 1.807) is 0 Å². The lowest BCUT2D eigenvalue weighted by Gasteiger charge is -2.29. The van der Waals surface area contributed by atoms with Gasteiger partial charge in [-0.2, -0.15) is 47.0 Å². The maximum Gasteiger partial charge on any atom is 0.0166 e. The number of fused-ring (bicyclic) bond motifs is 1. The Morgan fingerprint density at radius 1 is 0.500 bits per heavy atom. The summed E-state index contributed by atoms with van der Waals surface area (Å²) in [5.74, 6) is 8.25. The summed E-state index contributed by atoms with van der Waals surface area (Å²) in [4.78, 5) is 0. The molecule has 18 heavy (non-hydrogen) atoms. The van der Waals surface area contributed by atoms with Crippen LogP contribution in [0.1, 0.15) is 38.5 Å². The van der Waals surface area contributed by atoms with E-state index in [2.05, 4.69) is 47.0 Å². The van der Waals surface area contributed by atoms with Gasteiger partial charge < -0.3 is 0 Å². The van der Waals surface area contributed by atoms with Gasteiger partial charge in [0.2, 0.25) is 0 Å². The Labute approximate surface area is 130 Å². The third kappa shape index (κ3) is 6.23. The minimum atomic E-state index is 0.959. The van der Waals surface area contributed by atoms with E-state index < -0.39 is 0 Å². The molecule has 0 bridgehead atoms. The van der Waals surface area contributed by atoms with Crippen LogP contribution >= 0.6 is 47.0 Å². The molecule has 0 spiro atoms. The molecule has 0 nitrogen and oxygen atoms in total. The monoisotopic (exact) mass is 322 g/mol. The lowest BCUT2D eigenvalue weighted by molar-refractivity contribution is 0.521. The molecule has 0 radical (unpaired) electrons. The molecule has 2 rings (SSSR count). The molecule has 1 aliphatic heterocycles. The average Bonchev–Trinajstić information content (AvgIpc) is 2.34. The highest BCUT2D eigenvalue weighted by Gasteiger charge is 2.23. The third-order valence-corrected chi connectivity index (χ3v) is 9.42. The Morgan fingerprint density at radius 3 is 1.44 bits per heavy atom. The Hall–Kier alpha value is 1.40. The maximum atomic E-state index is 2.29. The summed E-state index contributed by atoms with van der Waals surface area (Å²) in [6.07, 6.45) is 8.91. The third-order valence-electron chi connectivity index (χ3n) is 3.63. The van der Waals surface area contributed by atoms with Crippen LogP contribution in [0.25, 0.3) is 0 Å². The molecule has 0 N–H and O–H groups in total. The highest BCUT2D eigenvalue weighted by atomic mass is 32.2. The van der Waals surface area contributed by atoms with E-state index in [9.17, 15) is 0 Å². The van der Waals surface area contributed by atoms with Gasteiger partial charge in [-0.05, 0) is 12.8 Å². The van der Waals surface area contributed by atoms with Crippen molar-refractivity contribution < 1.29 is 0 Å². The molecule has 2 atom stereocenters. The average molecular weight is 323 g/mol. The van der Waals surface area contributed by atoms with E-state index in [1.165, 1.54) is 73.0 Å². The van der Waals surface area contributed by atoms with Gasteiger partial charge in [0, 0.05) is 45.0 Å². The van der Waals surface area contributed by atoms with Gasteiger partial charge in [-0.25, -0.2) is 0 Å². The predicted octanol–water partition coefficient (Wildman–Crippen LogP) is 5.02. The highest BCUT2D eigenvalue weighted by Crippen LogP contribution is 2.35. The number of hydrogen-bond acceptors (Lipinski definition) is 4. The molecule has 1 heterocycles. The standard InChI is InChI=1S/C14H26S4/c1-2-4-6-14-13(5-3-1)17-11-9-15-7-8-16-10-12-18-14/h13-14H,1-12H2/t13-,14-/m1/s1. The van der Waals surface area contributed by atoms with Crippen molar-refractivity contribution in [2.45, 2.75) is 49.0 Å². The minimum absolute atomic E-state index is 0.959. The zero-order valence-electron chi connectivity index (χ0n) is 11.3. The van der Waals surface area contributed by atoms with Gasteiger partial charge in [-0.15, -0.1) is 0 Å². The predicted molar refractivity (Wildman–Crippen MR) is 94.8 cm³/mol. The van der Waals surface area contributed by atoms with Crippen molar-refractivity contribution in [2.75, 3.05) is 34.5 Å². The van der Waals surface area contributed by atoms with Gasteiger partial charge in [0.05, 0.1) is 0 Å². The van der Waals surface area contributed by atoms with Gasteiger partial charge in [-0.3, -0.25) is 0 Å². The Balaban J connectivity index is 1.84. The molecular formula is C14H26S4. The SMILES string of the molecule is C1CCC[C@H]2SCCSCCSCCS[C@@H]2CC1. The maximum absolute atomic E-state index is 2.29. The second kappa shape index (κ2) is 10.2. The zero-order valence-corrected chi connectivity index (χ0v) is 14.5. The second-order valence-corrected chi connectivity index (χ2v) is 10.2. The summed E-state index contributed by atoms with van der Waals surface area (Å²) in [6, 6.07) is 0. The smallest absolute Gasteiger partial charge is 0.0166 e. The van der Waals surface area contributed by atoms with Gasteiger partial charge in [0.1, 0.15) is 0 Å². The molecule has 4 heteroatoms. The van der Waals surface area contributed by atoms with E-state index >= 15 is 0 Å². The quantitative estimate of drug-likeness (QED) is 0.613. The van der Waals surface area contributed by atoms with Crippen molar-refractivity contribution in [1.29, 1.82) is 0 Å². The first-order valence-electron chi connectivity index (χ1n) is 7.35. The van der Waals surface area contributed by atoms with E-state index in [1.807, 2.05) is 0 Å². The topological polar surface area (TPSA) is 0 Å². The molecule has 2 fully saturated rings. The van der Waals surface area contributed by atoms with Crippen LogP contribution in [0.3, 0.4) is 0 Å². The first kappa shape index (κ1) is 15.8. The lowest BCUT2D eigenvalue weighted by Crippen LogP contribution is -2.23. The molecule has 0 aromatic rings. The van der Waals surface area contributed by atoms with E-state index in [0.717, 1.165) is 10.5 Å². The van der Waals surface area contributed by atoms with Gasteiger partial charge in [0.15, 0.2) is 0 Å². The van der Waals surface area contributed by atoms with Crippen LogP contribution < -0.4 is 0 Å². The molecule has 1 saturated carbocycles. The molecule has 0 aromatic carbocycles. The zero-order chi connectivity index (χ0) is 12.5. The fourth-order valence-corrected chi connectivity index (χ4v) is 8.15. The normalized spacial score (nSPS) is 33.3. The van der Waals surface area contributed by atoms with Gasteiger partial charge in [0.25, 0.3) is 0 Å². The van der Waals surface area contributed by atoms with Crippen LogP contribution in [-0.2, 0) is 0 Å². The lowest BCUT2D eigenvalue weighted by atomic mass is 10.00. The van der Waals surface area contributed by atoms with E-state index in [4.69, 9.17) is 0 Å². The Bertz CT molecular complexity index is 188. The Morgan fingerprint density at radius 2 is 0.944 bits per heavy atom. The summed E-state index contributed by atoms with van der Waals surface area (Å²) in [5, 5.41) is 1.92. The van der Waals surface area contributed by atoms with Crippen molar-refractivity contribution in [2.24, 2.45) is 0 Å². The van der Waals surface area contributed by atoms with E-state index in [-0.39, 0.29) is 0 Å². The summed E-state index contributed by atoms with van der Waals surface area (Å²) in [5.41, 5.74) is 0. The molecule has 1 saturated heterocycles. The van der Waals surface area contributed by atoms with Crippen molar-refractivity contribution in [3.05, 3.63) is 0 Å². The van der Waals surface area contributed by atoms with E-state index in [0.29, 0.717) is 0 Å². The Kier molecular flexibility index (Phi) is 8.92. The molecular weight excluding hydrogens is 296 g/mol. The van der Waals surface area contributed by atoms with Crippen LogP contribution in [0.5, 0.6) is 0 Å². The molecule has 0 aromatic heterocycles. The fraction of sp³-hybridized carbons (Fsp3) is 1.00. The van der Waals surface area contributed by atoms with Crippen molar-refractivity contribution in [1.82, 2.24) is 0 Å². The van der Waals surface area contributed by atoms with Crippen molar-refractivity contribution in [3.63, 3.8) is 0 Å². The van der Waals surface area contributed by atoms with Crippen LogP contribution in [0.2, 0.25) is 0 Å². The number of rotatable bonds is 0. The van der Waals surface area contributed by atoms with Crippen LogP contribution in [-0.4, -0.2) is 45.0 Å². The van der Waals surface area contributed by atoms with Crippen molar-refractivity contribution in [3.8, 4) is 0 Å². The first-order valence-corrected chi connectivity index (χ1v) is 11.8. The summed E-state index contributed by atoms with van der Waals surface area (Å²) >= 11 is 8.92. The van der Waals surface area contributed by atoms with Crippen LogP contribution in [0.4, 0.5) is 0 Å². The molecule has 2 aliphatic rings. The van der Waals surface area contributed by atoms with Crippen LogP contribution in [0.15, 0.2) is 0 Å². The number of thioether (sulfide) groups is 4.